The third-order valence-corrected chi connectivity index (χ3v) is 7.23. The highest BCUT2D eigenvalue weighted by Crippen LogP contribution is 2.30. The Hall–Kier alpha value is -2.71. The number of sulfonamides is 1. The van der Waals surface area contributed by atoms with Crippen molar-refractivity contribution in [2.24, 2.45) is 5.73 Å². The van der Waals surface area contributed by atoms with E-state index in [4.69, 9.17) is 5.73 Å². The second-order valence-corrected chi connectivity index (χ2v) is 8.97. The molecule has 0 aromatic heterocycles. The molecule has 2 aromatic carbocycles. The monoisotopic (exact) mass is 399 g/mol. The van der Waals surface area contributed by atoms with Crippen LogP contribution in [0.4, 0.5) is 5.69 Å². The van der Waals surface area contributed by atoms with E-state index < -0.39 is 22.0 Å². The number of fused-ring (bicyclic) bond motifs is 1. The molecule has 0 saturated carbocycles. The molecule has 0 radical (unpaired) electrons. The molecule has 8 heteroatoms. The Morgan fingerprint density at radius 3 is 2.32 bits per heavy atom. The number of hydrogen-bond donors (Lipinski definition) is 1. The van der Waals surface area contributed by atoms with Crippen molar-refractivity contribution in [3.8, 4) is 0 Å². The maximum absolute atomic E-state index is 13.2. The van der Waals surface area contributed by atoms with Crippen molar-refractivity contribution in [2.75, 3.05) is 11.4 Å². The smallest absolute Gasteiger partial charge is 0.244 e. The van der Waals surface area contributed by atoms with Crippen LogP contribution in [-0.4, -0.2) is 37.1 Å². The molecule has 7 nitrogen and oxygen atoms in total. The van der Waals surface area contributed by atoms with E-state index in [0.717, 1.165) is 17.5 Å². The van der Waals surface area contributed by atoms with Crippen LogP contribution in [0, 0.1) is 0 Å². The van der Waals surface area contributed by atoms with Crippen LogP contribution in [0.2, 0.25) is 0 Å². The Morgan fingerprint density at radius 1 is 1.04 bits per heavy atom. The van der Waals surface area contributed by atoms with Crippen LogP contribution >= 0.6 is 0 Å². The van der Waals surface area contributed by atoms with E-state index >= 15 is 0 Å². The highest BCUT2D eigenvalue weighted by molar-refractivity contribution is 7.89. The second kappa shape index (κ2) is 7.03. The number of anilines is 1. The Bertz CT molecular complexity index is 1030. The standard InChI is InChI=1S/C20H21N3O4S/c21-20(25)18-12-14-4-1-2-5-15(14)13-23(18)28(26,27)17-9-7-16(8-10-17)22-11-3-6-19(22)24/h1-2,4-5,7-10,18H,3,6,11-13H2,(H2,21,25)/t18-/m0/s1. The molecule has 0 spiro atoms. The fourth-order valence-corrected chi connectivity index (χ4v) is 5.42. The van der Waals surface area contributed by atoms with Crippen molar-refractivity contribution in [2.45, 2.75) is 36.7 Å². The third kappa shape index (κ3) is 3.18. The number of amides is 2. The molecule has 1 atom stereocenters. The summed E-state index contributed by atoms with van der Waals surface area (Å²) in [6.45, 7) is 0.732. The quantitative estimate of drug-likeness (QED) is 0.840. The van der Waals surface area contributed by atoms with E-state index in [1.54, 1.807) is 17.0 Å². The summed E-state index contributed by atoms with van der Waals surface area (Å²) >= 11 is 0. The molecule has 2 amide bonds. The van der Waals surface area contributed by atoms with Gasteiger partial charge in [0.25, 0.3) is 0 Å². The molecule has 146 valence electrons. The minimum absolute atomic E-state index is 0.0389. The lowest BCUT2D eigenvalue weighted by Crippen LogP contribution is -2.51. The average Bonchev–Trinajstić information content (AvgIpc) is 3.13. The summed E-state index contributed by atoms with van der Waals surface area (Å²) in [6.07, 6.45) is 1.56. The number of carbonyl (C=O) groups is 2. The molecule has 1 saturated heterocycles. The van der Waals surface area contributed by atoms with Gasteiger partial charge in [0.2, 0.25) is 21.8 Å². The zero-order valence-corrected chi connectivity index (χ0v) is 16.1. The SMILES string of the molecule is NC(=O)[C@@H]1Cc2ccccc2CN1S(=O)(=O)c1ccc(N2CCCC2=O)cc1. The summed E-state index contributed by atoms with van der Waals surface area (Å²) in [4.78, 5) is 25.6. The molecule has 1 fully saturated rings. The van der Waals surface area contributed by atoms with Crippen LogP contribution in [0.15, 0.2) is 53.4 Å². The fourth-order valence-electron chi connectivity index (χ4n) is 3.85. The van der Waals surface area contributed by atoms with Gasteiger partial charge in [-0.3, -0.25) is 9.59 Å². The predicted molar refractivity (Wildman–Crippen MR) is 104 cm³/mol. The topological polar surface area (TPSA) is 101 Å². The van der Waals surface area contributed by atoms with Crippen LogP contribution in [0.5, 0.6) is 0 Å². The molecule has 4 rings (SSSR count). The van der Waals surface area contributed by atoms with Crippen molar-refractivity contribution in [1.29, 1.82) is 0 Å². The van der Waals surface area contributed by atoms with Gasteiger partial charge in [-0.1, -0.05) is 24.3 Å². The van der Waals surface area contributed by atoms with Gasteiger partial charge in [0.05, 0.1) is 4.90 Å². The molecule has 0 unspecified atom stereocenters. The lowest BCUT2D eigenvalue weighted by Gasteiger charge is -2.34. The van der Waals surface area contributed by atoms with Crippen LogP contribution < -0.4 is 10.6 Å². The third-order valence-electron chi connectivity index (χ3n) is 5.36. The number of carbonyl (C=O) groups excluding carboxylic acids is 2. The van der Waals surface area contributed by atoms with Gasteiger partial charge in [-0.2, -0.15) is 4.31 Å². The summed E-state index contributed by atoms with van der Waals surface area (Å²) in [6, 6.07) is 12.7. The van der Waals surface area contributed by atoms with E-state index in [1.165, 1.54) is 16.4 Å². The van der Waals surface area contributed by atoms with Gasteiger partial charge in [-0.05, 0) is 48.2 Å². The maximum atomic E-state index is 13.2. The molecule has 2 N–H and O–H groups in total. The minimum Gasteiger partial charge on any atom is -0.368 e. The van der Waals surface area contributed by atoms with Crippen LogP contribution in [-0.2, 0) is 32.6 Å². The fraction of sp³-hybridized carbons (Fsp3) is 0.300. The Kier molecular flexibility index (Phi) is 4.68. The summed E-state index contributed by atoms with van der Waals surface area (Å²) in [5.41, 5.74) is 7.99. The second-order valence-electron chi connectivity index (χ2n) is 7.08. The first-order valence-corrected chi connectivity index (χ1v) is 10.6. The number of primary amides is 1. The van der Waals surface area contributed by atoms with Gasteiger partial charge in [-0.25, -0.2) is 8.42 Å². The largest absolute Gasteiger partial charge is 0.368 e. The first kappa shape index (κ1) is 18.6. The summed E-state index contributed by atoms with van der Waals surface area (Å²) in [5.74, 6) is -0.630. The molecule has 2 heterocycles. The van der Waals surface area contributed by atoms with Gasteiger partial charge in [0.1, 0.15) is 6.04 Å². The molecular weight excluding hydrogens is 378 g/mol. The summed E-state index contributed by atoms with van der Waals surface area (Å²) in [7, 11) is -3.92. The van der Waals surface area contributed by atoms with E-state index in [9.17, 15) is 18.0 Å². The molecule has 2 aliphatic rings. The van der Waals surface area contributed by atoms with E-state index in [1.807, 2.05) is 24.3 Å². The van der Waals surface area contributed by atoms with E-state index in [-0.39, 0.29) is 23.8 Å². The highest BCUT2D eigenvalue weighted by atomic mass is 32.2. The first-order chi connectivity index (χ1) is 13.4. The van der Waals surface area contributed by atoms with Crippen molar-refractivity contribution in [3.63, 3.8) is 0 Å². The van der Waals surface area contributed by atoms with Crippen LogP contribution in [0.1, 0.15) is 24.0 Å². The Labute approximate surface area is 163 Å². The predicted octanol–water partition coefficient (Wildman–Crippen LogP) is 1.41. The Morgan fingerprint density at radius 2 is 1.71 bits per heavy atom. The number of nitrogens with zero attached hydrogens (tertiary/aromatic N) is 2. The molecule has 2 aliphatic heterocycles. The first-order valence-electron chi connectivity index (χ1n) is 9.16. The van der Waals surface area contributed by atoms with Crippen molar-refractivity contribution in [1.82, 2.24) is 4.31 Å². The van der Waals surface area contributed by atoms with E-state index in [0.29, 0.717) is 18.7 Å². The van der Waals surface area contributed by atoms with Gasteiger partial charge >= 0.3 is 0 Å². The number of hydrogen-bond acceptors (Lipinski definition) is 4. The number of nitrogens with two attached hydrogens (primary N) is 1. The van der Waals surface area contributed by atoms with Gasteiger partial charge < -0.3 is 10.6 Å². The maximum Gasteiger partial charge on any atom is 0.244 e. The molecular formula is C20H21N3O4S. The van der Waals surface area contributed by atoms with Crippen molar-refractivity contribution >= 4 is 27.5 Å². The normalized spacial score (nSPS) is 20.2. The number of rotatable bonds is 4. The Balaban J connectivity index is 1.67. The molecule has 28 heavy (non-hydrogen) atoms. The van der Waals surface area contributed by atoms with Gasteiger partial charge in [-0.15, -0.1) is 0 Å². The van der Waals surface area contributed by atoms with E-state index in [2.05, 4.69) is 0 Å². The average molecular weight is 399 g/mol. The highest BCUT2D eigenvalue weighted by Gasteiger charge is 2.38. The molecule has 0 aliphatic carbocycles. The molecule has 2 aromatic rings. The van der Waals surface area contributed by atoms with Crippen molar-refractivity contribution < 1.29 is 18.0 Å². The zero-order valence-electron chi connectivity index (χ0n) is 15.2. The van der Waals surface area contributed by atoms with Crippen LogP contribution in [0.25, 0.3) is 0 Å². The lowest BCUT2D eigenvalue weighted by molar-refractivity contribution is -0.122. The number of benzene rings is 2. The molecule has 0 bridgehead atoms. The van der Waals surface area contributed by atoms with Crippen molar-refractivity contribution in [3.05, 3.63) is 59.7 Å². The summed E-state index contributed by atoms with van der Waals surface area (Å²) in [5, 5.41) is 0. The minimum atomic E-state index is -3.92. The van der Waals surface area contributed by atoms with Gasteiger partial charge in [0.15, 0.2) is 0 Å². The summed E-state index contributed by atoms with van der Waals surface area (Å²) < 4.78 is 27.7. The van der Waals surface area contributed by atoms with Gasteiger partial charge in [0, 0.05) is 25.2 Å². The lowest BCUT2D eigenvalue weighted by atomic mass is 9.96. The zero-order chi connectivity index (χ0) is 19.9. The van der Waals surface area contributed by atoms with Crippen LogP contribution in [0.3, 0.4) is 0 Å².